The van der Waals surface area contributed by atoms with E-state index in [1.807, 2.05) is 6.07 Å². The summed E-state index contributed by atoms with van der Waals surface area (Å²) in [7, 11) is 0. The lowest BCUT2D eigenvalue weighted by molar-refractivity contribution is -0.126. The number of hydrogen-bond donors (Lipinski definition) is 2. The van der Waals surface area contributed by atoms with Gasteiger partial charge in [0, 0.05) is 30.8 Å². The number of cyclic esters (lactones) is 1. The lowest BCUT2D eigenvalue weighted by Crippen LogP contribution is -2.47. The Balaban J connectivity index is 1.60. The van der Waals surface area contributed by atoms with Crippen LogP contribution in [-0.4, -0.2) is 48.1 Å². The van der Waals surface area contributed by atoms with Crippen LogP contribution in [0.4, 0.5) is 10.5 Å². The molecule has 9 heteroatoms. The Morgan fingerprint density at radius 3 is 2.73 bits per heavy atom. The number of ether oxygens (including phenoxy) is 2. The van der Waals surface area contributed by atoms with Crippen molar-refractivity contribution in [3.05, 3.63) is 64.7 Å². The second kappa shape index (κ2) is 10.2. The molecule has 2 fully saturated rings. The Kier molecular flexibility index (Phi) is 7.15. The van der Waals surface area contributed by atoms with E-state index in [-0.39, 0.29) is 24.5 Å². The molecule has 3 amide bonds. The fraction of sp³-hybridized carbons (Fsp3) is 0.375. The van der Waals surface area contributed by atoms with Crippen molar-refractivity contribution >= 4 is 35.2 Å². The van der Waals surface area contributed by atoms with Gasteiger partial charge in [0.1, 0.15) is 0 Å². The molecule has 4 rings (SSSR count). The number of carbonyl (C=O) groups is 3. The Labute approximate surface area is 197 Å². The van der Waals surface area contributed by atoms with Crippen molar-refractivity contribution in [1.29, 1.82) is 0 Å². The van der Waals surface area contributed by atoms with Crippen LogP contribution in [0.5, 0.6) is 0 Å². The highest BCUT2D eigenvalue weighted by atomic mass is 35.5. The van der Waals surface area contributed by atoms with Crippen LogP contribution >= 0.6 is 11.6 Å². The quantitative estimate of drug-likeness (QED) is 0.642. The number of nitrogens with zero attached hydrogens (tertiary/aromatic N) is 1. The third-order valence-electron chi connectivity index (χ3n) is 5.66. The average molecular weight is 472 g/mol. The minimum Gasteiger partial charge on any atom is -0.438 e. The number of anilines is 1. The number of hydrogen-bond acceptors (Lipinski definition) is 5. The van der Waals surface area contributed by atoms with Crippen molar-refractivity contribution in [2.24, 2.45) is 0 Å². The van der Waals surface area contributed by atoms with E-state index in [1.165, 1.54) is 11.8 Å². The summed E-state index contributed by atoms with van der Waals surface area (Å²) in [6.07, 6.45) is 0.381. The summed E-state index contributed by atoms with van der Waals surface area (Å²) in [5, 5.41) is 6.19. The summed E-state index contributed by atoms with van der Waals surface area (Å²) >= 11 is 6.11. The number of halogens is 1. The van der Waals surface area contributed by atoms with Crippen LogP contribution in [0.25, 0.3) is 0 Å². The van der Waals surface area contributed by atoms with Crippen molar-refractivity contribution in [2.45, 2.75) is 44.6 Å². The Morgan fingerprint density at radius 1 is 1.18 bits per heavy atom. The number of carbonyl (C=O) groups excluding carboxylic acids is 3. The maximum absolute atomic E-state index is 13.3. The van der Waals surface area contributed by atoms with Gasteiger partial charge in [-0.05, 0) is 48.2 Å². The topological polar surface area (TPSA) is 97.0 Å². The van der Waals surface area contributed by atoms with Crippen LogP contribution in [0.2, 0.25) is 5.02 Å². The van der Waals surface area contributed by atoms with Crippen LogP contribution in [-0.2, 0) is 25.6 Å². The third kappa shape index (κ3) is 5.64. The Bertz CT molecular complexity index is 1040. The largest absolute Gasteiger partial charge is 0.438 e. The Hall–Kier alpha value is -3.10. The molecule has 2 aliphatic rings. The molecule has 3 atom stereocenters. The molecular formula is C24H26ClN3O5. The molecular weight excluding hydrogens is 446 g/mol. The van der Waals surface area contributed by atoms with E-state index < -0.39 is 18.2 Å². The fourth-order valence-electron chi connectivity index (χ4n) is 4.16. The van der Waals surface area contributed by atoms with Crippen molar-refractivity contribution in [1.82, 2.24) is 10.2 Å². The van der Waals surface area contributed by atoms with Gasteiger partial charge in [0.05, 0.1) is 12.6 Å². The summed E-state index contributed by atoms with van der Waals surface area (Å²) in [6, 6.07) is 13.2. The molecule has 0 bridgehead atoms. The lowest BCUT2D eigenvalue weighted by atomic mass is 10.00. The molecule has 2 aromatic rings. The molecule has 0 aromatic heterocycles. The number of nitrogens with one attached hydrogen (secondary N) is 2. The predicted octanol–water partition coefficient (Wildman–Crippen LogP) is 3.66. The first kappa shape index (κ1) is 23.1. The number of amides is 3. The predicted molar refractivity (Wildman–Crippen MR) is 123 cm³/mol. The summed E-state index contributed by atoms with van der Waals surface area (Å²) in [4.78, 5) is 39.1. The van der Waals surface area contributed by atoms with Crippen molar-refractivity contribution in [3.63, 3.8) is 0 Å². The van der Waals surface area contributed by atoms with E-state index in [2.05, 4.69) is 10.6 Å². The van der Waals surface area contributed by atoms with Gasteiger partial charge in [-0.1, -0.05) is 35.9 Å². The van der Waals surface area contributed by atoms with E-state index in [4.69, 9.17) is 21.1 Å². The van der Waals surface area contributed by atoms with Gasteiger partial charge in [-0.25, -0.2) is 4.79 Å². The zero-order valence-electron chi connectivity index (χ0n) is 18.3. The molecule has 0 saturated carbocycles. The summed E-state index contributed by atoms with van der Waals surface area (Å²) in [5.74, 6) is -0.544. The monoisotopic (exact) mass is 471 g/mol. The van der Waals surface area contributed by atoms with Gasteiger partial charge in [0.15, 0.2) is 12.1 Å². The van der Waals surface area contributed by atoms with Crippen molar-refractivity contribution < 1.29 is 23.9 Å². The first-order chi connectivity index (χ1) is 15.9. The van der Waals surface area contributed by atoms with Crippen LogP contribution in [0.15, 0.2) is 48.5 Å². The minimum absolute atomic E-state index is 0.0325. The maximum atomic E-state index is 13.3. The Morgan fingerprint density at radius 2 is 2.00 bits per heavy atom. The lowest BCUT2D eigenvalue weighted by Gasteiger charge is -2.25. The van der Waals surface area contributed by atoms with Gasteiger partial charge in [-0.2, -0.15) is 0 Å². The van der Waals surface area contributed by atoms with Gasteiger partial charge < -0.3 is 20.1 Å². The van der Waals surface area contributed by atoms with E-state index in [1.54, 1.807) is 42.5 Å². The molecule has 0 radical (unpaired) electrons. The van der Waals surface area contributed by atoms with Crippen LogP contribution < -0.4 is 10.6 Å². The van der Waals surface area contributed by atoms with Crippen LogP contribution in [0.1, 0.15) is 37.0 Å². The standard InChI is InChI=1S/C24H26ClN3O5/c1-15(29)27-19-8-3-6-17(12-19)22-21(23(30)26-13-20-9-4-10-32-20)28(24(31)33-22)14-16-5-2-7-18(25)11-16/h2-3,5-8,11-12,20-22H,4,9-10,13-14H2,1H3,(H,26,30)(H,27,29). The van der Waals surface area contributed by atoms with Gasteiger partial charge in [0.25, 0.3) is 0 Å². The van der Waals surface area contributed by atoms with Crippen molar-refractivity contribution in [3.8, 4) is 0 Å². The summed E-state index contributed by atoms with van der Waals surface area (Å²) < 4.78 is 11.3. The molecule has 2 aliphatic heterocycles. The maximum Gasteiger partial charge on any atom is 0.411 e. The van der Waals surface area contributed by atoms with Crippen molar-refractivity contribution in [2.75, 3.05) is 18.5 Å². The first-order valence-electron chi connectivity index (χ1n) is 10.9. The second-order valence-electron chi connectivity index (χ2n) is 8.19. The molecule has 174 valence electrons. The van der Waals surface area contributed by atoms with Crippen LogP contribution in [0, 0.1) is 0 Å². The molecule has 3 unspecified atom stereocenters. The SMILES string of the molecule is CC(=O)Nc1cccc(C2OC(=O)N(Cc3cccc(Cl)c3)C2C(=O)NCC2CCCO2)c1. The highest BCUT2D eigenvalue weighted by Gasteiger charge is 2.47. The van der Waals surface area contributed by atoms with E-state index in [9.17, 15) is 14.4 Å². The summed E-state index contributed by atoms with van der Waals surface area (Å²) in [6.45, 7) is 2.63. The normalized spacial score (nSPS) is 22.2. The minimum atomic E-state index is -0.898. The fourth-order valence-corrected chi connectivity index (χ4v) is 4.38. The third-order valence-corrected chi connectivity index (χ3v) is 5.89. The zero-order valence-corrected chi connectivity index (χ0v) is 19.0. The molecule has 2 N–H and O–H groups in total. The average Bonchev–Trinajstić information content (AvgIpc) is 3.40. The summed E-state index contributed by atoms with van der Waals surface area (Å²) in [5.41, 5.74) is 1.95. The molecule has 0 spiro atoms. The van der Waals surface area contributed by atoms with Crippen LogP contribution in [0.3, 0.4) is 0 Å². The smallest absolute Gasteiger partial charge is 0.411 e. The molecule has 8 nitrogen and oxygen atoms in total. The number of benzene rings is 2. The van der Waals surface area contributed by atoms with Gasteiger partial charge in [-0.3, -0.25) is 14.5 Å². The van der Waals surface area contributed by atoms with E-state index in [0.29, 0.717) is 29.4 Å². The molecule has 2 aromatic carbocycles. The molecule has 2 heterocycles. The highest BCUT2D eigenvalue weighted by molar-refractivity contribution is 6.30. The van der Waals surface area contributed by atoms with E-state index in [0.717, 1.165) is 18.4 Å². The highest BCUT2D eigenvalue weighted by Crippen LogP contribution is 2.35. The van der Waals surface area contributed by atoms with Gasteiger partial charge in [-0.15, -0.1) is 0 Å². The first-order valence-corrected chi connectivity index (χ1v) is 11.3. The molecule has 33 heavy (non-hydrogen) atoms. The second-order valence-corrected chi connectivity index (χ2v) is 8.63. The molecule has 0 aliphatic carbocycles. The van der Waals surface area contributed by atoms with Gasteiger partial charge >= 0.3 is 6.09 Å². The molecule has 2 saturated heterocycles. The number of rotatable bonds is 7. The van der Waals surface area contributed by atoms with E-state index >= 15 is 0 Å². The van der Waals surface area contributed by atoms with Gasteiger partial charge in [0.2, 0.25) is 11.8 Å². The zero-order chi connectivity index (χ0) is 23.4.